The predicted molar refractivity (Wildman–Crippen MR) is 125 cm³/mol. The number of amidine groups is 1. The van der Waals surface area contributed by atoms with Crippen LogP contribution in [0.3, 0.4) is 0 Å². The second-order valence-electron chi connectivity index (χ2n) is 6.95. The van der Waals surface area contributed by atoms with E-state index in [-0.39, 0.29) is 5.91 Å². The van der Waals surface area contributed by atoms with Crippen molar-refractivity contribution >= 4 is 39.4 Å². The van der Waals surface area contributed by atoms with Gasteiger partial charge in [-0.1, -0.05) is 51.8 Å². The number of anilines is 1. The van der Waals surface area contributed by atoms with Crippen molar-refractivity contribution in [3.8, 4) is 5.75 Å². The molecular weight excluding hydrogens is 440 g/mol. The number of nitrogens with zero attached hydrogens (tertiary/aromatic N) is 2. The number of rotatable bonds is 5. The fourth-order valence-electron chi connectivity index (χ4n) is 3.31. The first-order valence-corrected chi connectivity index (χ1v) is 10.5. The van der Waals surface area contributed by atoms with E-state index >= 15 is 0 Å². The van der Waals surface area contributed by atoms with Gasteiger partial charge in [-0.05, 0) is 68.0 Å². The topological polar surface area (TPSA) is 41.9 Å². The Kier molecular flexibility index (Phi) is 5.81. The van der Waals surface area contributed by atoms with Crippen molar-refractivity contribution in [3.05, 3.63) is 99.7 Å². The first kappa shape index (κ1) is 20.1. The molecule has 0 bridgehead atoms. The monoisotopic (exact) mass is 460 g/mol. The third kappa shape index (κ3) is 4.21. The van der Waals surface area contributed by atoms with Crippen molar-refractivity contribution in [2.45, 2.75) is 13.8 Å². The van der Waals surface area contributed by atoms with Crippen LogP contribution in [0, 0.1) is 6.92 Å². The Morgan fingerprint density at radius 2 is 1.77 bits per heavy atom. The number of carbonyl (C=O) groups is 1. The molecule has 1 aliphatic heterocycles. The lowest BCUT2D eigenvalue weighted by Crippen LogP contribution is -2.32. The maximum Gasteiger partial charge on any atom is 0.282 e. The Balaban J connectivity index is 1.76. The molecule has 0 unspecified atom stereocenters. The molecule has 1 amide bonds. The maximum absolute atomic E-state index is 13.3. The van der Waals surface area contributed by atoms with E-state index in [1.807, 2.05) is 92.7 Å². The molecular formula is C25H21BrN2O2. The molecule has 0 saturated carbocycles. The molecule has 0 N–H and O–H groups in total. The zero-order valence-electron chi connectivity index (χ0n) is 16.8. The van der Waals surface area contributed by atoms with Gasteiger partial charge >= 0.3 is 0 Å². The number of hydrogen-bond acceptors (Lipinski definition) is 3. The Bertz CT molecular complexity index is 1130. The standard InChI is InChI=1S/C25H21BrN2O2/c1-3-30-22-13-7-18(8-14-22)16-23-25(29)28(21-11-9-20(26)10-12-21)24(27-23)19-6-4-5-17(2)15-19/h4-16H,3H2,1-2H3/b23-16+. The zero-order chi connectivity index (χ0) is 21.1. The SMILES string of the molecule is CCOc1ccc(/C=C2/N=C(c3cccc(C)c3)N(c3ccc(Br)cc3)C2=O)cc1. The lowest BCUT2D eigenvalue weighted by molar-refractivity contribution is -0.113. The summed E-state index contributed by atoms with van der Waals surface area (Å²) in [5.74, 6) is 1.28. The van der Waals surface area contributed by atoms with E-state index in [0.29, 0.717) is 18.1 Å². The minimum absolute atomic E-state index is 0.150. The van der Waals surface area contributed by atoms with Gasteiger partial charge in [0.25, 0.3) is 5.91 Å². The third-order valence-corrected chi connectivity index (χ3v) is 5.24. The highest BCUT2D eigenvalue weighted by atomic mass is 79.9. The van der Waals surface area contributed by atoms with Crippen LogP contribution in [0.2, 0.25) is 0 Å². The molecule has 30 heavy (non-hydrogen) atoms. The van der Waals surface area contributed by atoms with Crippen LogP contribution in [-0.2, 0) is 4.79 Å². The molecule has 1 aliphatic rings. The smallest absolute Gasteiger partial charge is 0.282 e. The van der Waals surface area contributed by atoms with Crippen molar-refractivity contribution in [1.29, 1.82) is 0 Å². The van der Waals surface area contributed by atoms with E-state index in [9.17, 15) is 4.79 Å². The molecule has 0 saturated heterocycles. The molecule has 150 valence electrons. The number of carbonyl (C=O) groups excluding carboxylic acids is 1. The van der Waals surface area contributed by atoms with E-state index < -0.39 is 0 Å². The zero-order valence-corrected chi connectivity index (χ0v) is 18.4. The molecule has 0 aromatic heterocycles. The summed E-state index contributed by atoms with van der Waals surface area (Å²) >= 11 is 3.46. The van der Waals surface area contributed by atoms with Gasteiger partial charge in [-0.15, -0.1) is 0 Å². The quantitative estimate of drug-likeness (QED) is 0.438. The van der Waals surface area contributed by atoms with Gasteiger partial charge in [0.15, 0.2) is 0 Å². The molecule has 0 atom stereocenters. The molecule has 1 heterocycles. The summed E-state index contributed by atoms with van der Waals surface area (Å²) in [7, 11) is 0. The molecule has 0 radical (unpaired) electrons. The summed E-state index contributed by atoms with van der Waals surface area (Å²) in [6, 6.07) is 23.3. The second-order valence-corrected chi connectivity index (χ2v) is 7.87. The van der Waals surface area contributed by atoms with Gasteiger partial charge in [-0.2, -0.15) is 0 Å². The summed E-state index contributed by atoms with van der Waals surface area (Å²) in [5.41, 5.74) is 4.09. The molecule has 0 spiro atoms. The highest BCUT2D eigenvalue weighted by Crippen LogP contribution is 2.29. The number of aliphatic imine (C=N–C) groups is 1. The summed E-state index contributed by atoms with van der Waals surface area (Å²) < 4.78 is 6.45. The van der Waals surface area contributed by atoms with Gasteiger partial charge < -0.3 is 4.74 Å². The fourth-order valence-corrected chi connectivity index (χ4v) is 3.57. The highest BCUT2D eigenvalue weighted by molar-refractivity contribution is 9.10. The van der Waals surface area contributed by atoms with Crippen LogP contribution >= 0.6 is 15.9 Å². The number of aryl methyl sites for hydroxylation is 1. The first-order valence-electron chi connectivity index (χ1n) is 9.75. The molecule has 4 nitrogen and oxygen atoms in total. The van der Waals surface area contributed by atoms with Gasteiger partial charge in [-0.25, -0.2) is 4.99 Å². The minimum Gasteiger partial charge on any atom is -0.494 e. The van der Waals surface area contributed by atoms with Gasteiger partial charge in [0.05, 0.1) is 12.3 Å². The lowest BCUT2D eigenvalue weighted by Gasteiger charge is -2.19. The average Bonchev–Trinajstić information content (AvgIpc) is 3.06. The van der Waals surface area contributed by atoms with Gasteiger partial charge in [-0.3, -0.25) is 9.69 Å². The first-order chi connectivity index (χ1) is 14.5. The van der Waals surface area contributed by atoms with Crippen LogP contribution in [-0.4, -0.2) is 18.3 Å². The lowest BCUT2D eigenvalue weighted by atomic mass is 10.1. The molecule has 0 aliphatic carbocycles. The molecule has 5 heteroatoms. The Morgan fingerprint density at radius 3 is 2.43 bits per heavy atom. The van der Waals surface area contributed by atoms with E-state index in [2.05, 4.69) is 15.9 Å². The van der Waals surface area contributed by atoms with Gasteiger partial charge in [0.1, 0.15) is 17.3 Å². The van der Waals surface area contributed by atoms with Gasteiger partial charge in [0, 0.05) is 10.0 Å². The molecule has 3 aromatic rings. The Hall–Kier alpha value is -3.18. The number of halogens is 1. The largest absolute Gasteiger partial charge is 0.494 e. The summed E-state index contributed by atoms with van der Waals surface area (Å²) in [6.45, 7) is 4.60. The predicted octanol–water partition coefficient (Wildman–Crippen LogP) is 5.99. The van der Waals surface area contributed by atoms with E-state index in [4.69, 9.17) is 9.73 Å². The fraction of sp³-hybridized carbons (Fsp3) is 0.120. The summed E-state index contributed by atoms with van der Waals surface area (Å²) in [6.07, 6.45) is 1.81. The average molecular weight is 461 g/mol. The van der Waals surface area contributed by atoms with Crippen molar-refractivity contribution in [1.82, 2.24) is 0 Å². The number of benzene rings is 3. The van der Waals surface area contributed by atoms with Crippen LogP contribution in [0.5, 0.6) is 5.75 Å². The number of hydrogen-bond donors (Lipinski definition) is 0. The van der Waals surface area contributed by atoms with E-state index in [1.165, 1.54) is 0 Å². The number of ether oxygens (including phenoxy) is 1. The van der Waals surface area contributed by atoms with Gasteiger partial charge in [0.2, 0.25) is 0 Å². The van der Waals surface area contributed by atoms with Crippen LogP contribution in [0.4, 0.5) is 5.69 Å². The maximum atomic E-state index is 13.3. The van der Waals surface area contributed by atoms with Crippen LogP contribution in [0.25, 0.3) is 6.08 Å². The third-order valence-electron chi connectivity index (χ3n) is 4.72. The van der Waals surface area contributed by atoms with Crippen LogP contribution in [0.1, 0.15) is 23.6 Å². The van der Waals surface area contributed by atoms with E-state index in [0.717, 1.165) is 32.6 Å². The molecule has 3 aromatic carbocycles. The van der Waals surface area contributed by atoms with Crippen LogP contribution < -0.4 is 9.64 Å². The number of amides is 1. The van der Waals surface area contributed by atoms with E-state index in [1.54, 1.807) is 4.90 Å². The Morgan fingerprint density at radius 1 is 1.03 bits per heavy atom. The van der Waals surface area contributed by atoms with Crippen molar-refractivity contribution in [2.75, 3.05) is 11.5 Å². The van der Waals surface area contributed by atoms with Crippen molar-refractivity contribution in [2.24, 2.45) is 4.99 Å². The van der Waals surface area contributed by atoms with Crippen molar-refractivity contribution in [3.63, 3.8) is 0 Å². The molecule has 4 rings (SSSR count). The Labute approximate surface area is 184 Å². The minimum atomic E-state index is -0.150. The highest BCUT2D eigenvalue weighted by Gasteiger charge is 2.32. The molecule has 0 fully saturated rings. The van der Waals surface area contributed by atoms with Crippen molar-refractivity contribution < 1.29 is 9.53 Å². The summed E-state index contributed by atoms with van der Waals surface area (Å²) in [4.78, 5) is 19.7. The summed E-state index contributed by atoms with van der Waals surface area (Å²) in [5, 5.41) is 0. The van der Waals surface area contributed by atoms with Crippen LogP contribution in [0.15, 0.2) is 88.0 Å². The second kappa shape index (κ2) is 8.67. The normalized spacial score (nSPS) is 14.9.